The van der Waals surface area contributed by atoms with Gasteiger partial charge in [0.2, 0.25) is 11.9 Å². The second-order valence-corrected chi connectivity index (χ2v) is 4.76. The van der Waals surface area contributed by atoms with Gasteiger partial charge in [0.25, 0.3) is 0 Å². The fourth-order valence-electron chi connectivity index (χ4n) is 0.995. The largest absolute Gasteiger partial charge is 0.294 e. The van der Waals surface area contributed by atoms with Crippen LogP contribution in [0.4, 0.5) is 5.95 Å². The summed E-state index contributed by atoms with van der Waals surface area (Å²) in [4.78, 5) is 19.3. The van der Waals surface area contributed by atoms with Crippen LogP contribution in [0.5, 0.6) is 0 Å². The molecule has 0 aromatic carbocycles. The van der Waals surface area contributed by atoms with Gasteiger partial charge in [-0.2, -0.15) is 0 Å². The number of nitrogens with one attached hydrogen (secondary N) is 1. The maximum atomic E-state index is 11.1. The first-order valence-corrected chi connectivity index (χ1v) is 5.75. The van der Waals surface area contributed by atoms with Gasteiger partial charge in [-0.1, -0.05) is 36.7 Å². The molecule has 0 bridgehead atoms. The molecule has 1 heterocycles. The topological polar surface area (TPSA) is 54.9 Å². The van der Waals surface area contributed by atoms with Crippen molar-refractivity contribution in [1.82, 2.24) is 9.97 Å². The molecule has 1 aromatic heterocycles. The molecule has 82 valence electrons. The third-order valence-electron chi connectivity index (χ3n) is 1.80. The Morgan fingerprint density at radius 2 is 2.20 bits per heavy atom. The van der Waals surface area contributed by atoms with Crippen molar-refractivity contribution >= 4 is 27.8 Å². The van der Waals surface area contributed by atoms with Crippen molar-refractivity contribution in [1.29, 1.82) is 0 Å². The highest BCUT2D eigenvalue weighted by Crippen LogP contribution is 2.19. The van der Waals surface area contributed by atoms with E-state index in [-0.39, 0.29) is 16.7 Å². The minimum atomic E-state index is -0.152. The minimum absolute atomic E-state index is 0.0448. The quantitative estimate of drug-likeness (QED) is 0.839. The summed E-state index contributed by atoms with van der Waals surface area (Å²) in [6, 6.07) is 1.85. The number of anilines is 1. The Morgan fingerprint density at radius 3 is 2.73 bits per heavy atom. The lowest BCUT2D eigenvalue weighted by Crippen LogP contribution is -2.18. The van der Waals surface area contributed by atoms with Gasteiger partial charge in [-0.25, -0.2) is 9.97 Å². The number of carbonyl (C=O) groups is 1. The second kappa shape index (κ2) is 4.70. The molecule has 0 fully saturated rings. The number of nitrogens with zero attached hydrogens (tertiary/aromatic N) is 2. The third-order valence-corrected chi connectivity index (χ3v) is 2.31. The van der Waals surface area contributed by atoms with Crippen molar-refractivity contribution in [2.24, 2.45) is 0 Å². The van der Waals surface area contributed by atoms with Gasteiger partial charge in [-0.3, -0.25) is 10.1 Å². The molecular formula is C10H14BrN3O. The Bertz CT molecular complexity index is 360. The van der Waals surface area contributed by atoms with Crippen LogP contribution >= 0.6 is 15.9 Å². The summed E-state index contributed by atoms with van der Waals surface area (Å²) in [6.45, 7) is 6.18. The second-order valence-electron chi connectivity index (χ2n) is 4.20. The molecule has 0 aliphatic carbocycles. The van der Waals surface area contributed by atoms with Crippen molar-refractivity contribution in [3.05, 3.63) is 18.0 Å². The Kier molecular flexibility index (Phi) is 3.79. The highest BCUT2D eigenvalue weighted by molar-refractivity contribution is 9.09. The Morgan fingerprint density at radius 1 is 1.53 bits per heavy atom. The van der Waals surface area contributed by atoms with Gasteiger partial charge in [-0.15, -0.1) is 0 Å². The maximum Gasteiger partial charge on any atom is 0.237 e. The standard InChI is InChI=1S/C10H14BrN3O/c1-10(2,3)7-4-5-12-9(13-7)14-8(15)6-11/h4-5H,6H2,1-3H3,(H,12,13,14,15). The SMILES string of the molecule is CC(C)(C)c1ccnc(NC(=O)CBr)n1. The van der Waals surface area contributed by atoms with E-state index in [0.717, 1.165) is 5.69 Å². The van der Waals surface area contributed by atoms with Gasteiger partial charge in [-0.05, 0) is 6.07 Å². The predicted octanol–water partition coefficient (Wildman–Crippen LogP) is 2.11. The molecule has 1 amide bonds. The molecule has 1 aromatic rings. The predicted molar refractivity (Wildman–Crippen MR) is 63.2 cm³/mol. The first-order chi connectivity index (χ1) is 6.93. The minimum Gasteiger partial charge on any atom is -0.294 e. The number of amides is 1. The third kappa shape index (κ3) is 3.58. The molecule has 0 radical (unpaired) electrons. The Hall–Kier alpha value is -0.970. The Balaban J connectivity index is 2.88. The smallest absolute Gasteiger partial charge is 0.237 e. The van der Waals surface area contributed by atoms with Gasteiger partial charge in [0.05, 0.1) is 11.0 Å². The molecule has 0 saturated heterocycles. The highest BCUT2D eigenvalue weighted by Gasteiger charge is 2.16. The van der Waals surface area contributed by atoms with E-state index in [4.69, 9.17) is 0 Å². The number of hydrogen-bond donors (Lipinski definition) is 1. The van der Waals surface area contributed by atoms with Gasteiger partial charge in [0.15, 0.2) is 0 Å². The zero-order valence-corrected chi connectivity index (χ0v) is 10.6. The number of halogens is 1. The summed E-state index contributed by atoms with van der Waals surface area (Å²) >= 11 is 3.06. The lowest BCUT2D eigenvalue weighted by atomic mass is 9.92. The first-order valence-electron chi connectivity index (χ1n) is 4.63. The number of rotatable bonds is 2. The van der Waals surface area contributed by atoms with Crippen molar-refractivity contribution in [3.63, 3.8) is 0 Å². The van der Waals surface area contributed by atoms with E-state index < -0.39 is 0 Å². The van der Waals surface area contributed by atoms with Crippen LogP contribution in [0.25, 0.3) is 0 Å². The lowest BCUT2D eigenvalue weighted by Gasteiger charge is -2.17. The molecule has 4 nitrogen and oxygen atoms in total. The summed E-state index contributed by atoms with van der Waals surface area (Å²) < 4.78 is 0. The average Bonchev–Trinajstić information content (AvgIpc) is 2.17. The molecule has 0 saturated carbocycles. The van der Waals surface area contributed by atoms with Crippen LogP contribution in [0.1, 0.15) is 26.5 Å². The van der Waals surface area contributed by atoms with E-state index in [1.807, 2.05) is 6.07 Å². The van der Waals surface area contributed by atoms with Crippen LogP contribution in [-0.4, -0.2) is 21.2 Å². The fourth-order valence-corrected chi connectivity index (χ4v) is 1.13. The van der Waals surface area contributed by atoms with Gasteiger partial charge in [0, 0.05) is 11.6 Å². The summed E-state index contributed by atoms with van der Waals surface area (Å²) in [6.07, 6.45) is 1.65. The molecular weight excluding hydrogens is 258 g/mol. The van der Waals surface area contributed by atoms with Crippen molar-refractivity contribution in [2.45, 2.75) is 26.2 Å². The summed E-state index contributed by atoms with van der Waals surface area (Å²) in [5.74, 6) is 0.202. The summed E-state index contributed by atoms with van der Waals surface area (Å²) in [7, 11) is 0. The average molecular weight is 272 g/mol. The number of aromatic nitrogens is 2. The molecule has 0 aliphatic rings. The zero-order chi connectivity index (χ0) is 11.5. The van der Waals surface area contributed by atoms with Gasteiger partial charge in [0.1, 0.15) is 0 Å². The van der Waals surface area contributed by atoms with Crippen LogP contribution in [0, 0.1) is 0 Å². The van der Waals surface area contributed by atoms with Crippen molar-refractivity contribution in [2.75, 3.05) is 10.6 Å². The van der Waals surface area contributed by atoms with Crippen molar-refractivity contribution < 1.29 is 4.79 Å². The zero-order valence-electron chi connectivity index (χ0n) is 9.04. The molecule has 0 atom stereocenters. The van der Waals surface area contributed by atoms with Crippen LogP contribution in [0.3, 0.4) is 0 Å². The fraction of sp³-hybridized carbons (Fsp3) is 0.500. The van der Waals surface area contributed by atoms with E-state index in [1.54, 1.807) is 6.20 Å². The van der Waals surface area contributed by atoms with E-state index in [2.05, 4.69) is 52.0 Å². The van der Waals surface area contributed by atoms with Crippen LogP contribution in [0.2, 0.25) is 0 Å². The summed E-state index contributed by atoms with van der Waals surface area (Å²) in [5, 5.41) is 2.84. The molecule has 15 heavy (non-hydrogen) atoms. The molecule has 1 rings (SSSR count). The normalized spacial score (nSPS) is 11.2. The monoisotopic (exact) mass is 271 g/mol. The van der Waals surface area contributed by atoms with Crippen LogP contribution < -0.4 is 5.32 Å². The van der Waals surface area contributed by atoms with E-state index >= 15 is 0 Å². The number of alkyl halides is 1. The van der Waals surface area contributed by atoms with Gasteiger partial charge < -0.3 is 0 Å². The highest BCUT2D eigenvalue weighted by atomic mass is 79.9. The van der Waals surface area contributed by atoms with Gasteiger partial charge >= 0.3 is 0 Å². The molecule has 5 heteroatoms. The molecule has 0 aliphatic heterocycles. The van der Waals surface area contributed by atoms with Crippen LogP contribution in [-0.2, 0) is 10.2 Å². The number of carbonyl (C=O) groups excluding carboxylic acids is 1. The Labute approximate surface area is 97.6 Å². The molecule has 1 N–H and O–H groups in total. The maximum absolute atomic E-state index is 11.1. The first kappa shape index (κ1) is 12.1. The molecule has 0 spiro atoms. The summed E-state index contributed by atoms with van der Waals surface area (Å²) in [5.41, 5.74) is 0.860. The van der Waals surface area contributed by atoms with E-state index in [1.165, 1.54) is 0 Å². The van der Waals surface area contributed by atoms with E-state index in [9.17, 15) is 4.79 Å². The lowest BCUT2D eigenvalue weighted by molar-refractivity contribution is -0.113. The van der Waals surface area contributed by atoms with E-state index in [0.29, 0.717) is 5.95 Å². The van der Waals surface area contributed by atoms with Crippen molar-refractivity contribution in [3.8, 4) is 0 Å². The number of hydrogen-bond acceptors (Lipinski definition) is 3. The molecule has 0 unspecified atom stereocenters. The van der Waals surface area contributed by atoms with Crippen LogP contribution in [0.15, 0.2) is 12.3 Å².